The van der Waals surface area contributed by atoms with Gasteiger partial charge in [-0.15, -0.1) is 0 Å². The molecule has 0 saturated carbocycles. The van der Waals surface area contributed by atoms with Gasteiger partial charge in [-0.1, -0.05) is 18.2 Å². The van der Waals surface area contributed by atoms with Crippen molar-refractivity contribution in [3.8, 4) is 11.5 Å². The first-order chi connectivity index (χ1) is 13.7. The topological polar surface area (TPSA) is 51.9 Å². The highest BCUT2D eigenvalue weighted by molar-refractivity contribution is 6.11. The van der Waals surface area contributed by atoms with Gasteiger partial charge in [-0.05, 0) is 42.8 Å². The molecule has 3 aromatic rings. The molecule has 0 saturated heterocycles. The molecule has 0 radical (unpaired) electrons. The number of carbonyl (C=O) groups is 1. The molecule has 140 valence electrons. The van der Waals surface area contributed by atoms with Crippen LogP contribution in [-0.2, 0) is 23.2 Å². The molecule has 2 aromatic carbocycles. The number of amides is 1. The van der Waals surface area contributed by atoms with Gasteiger partial charge in [-0.3, -0.25) is 4.79 Å². The summed E-state index contributed by atoms with van der Waals surface area (Å²) in [5.41, 5.74) is 3.13. The molecule has 1 unspecified atom stereocenters. The SMILES string of the molecule is Cc1ccc(CN2C(=O)C3(COc4cc5c(cc43)OCC5)c3ccccc32)o1. The second kappa shape index (κ2) is 5.41. The third-order valence-corrected chi connectivity index (χ3v) is 6.07. The zero-order chi connectivity index (χ0) is 18.9. The summed E-state index contributed by atoms with van der Waals surface area (Å²) in [6.45, 7) is 3.31. The molecule has 1 spiro atoms. The molecular weight excluding hydrogens is 354 g/mol. The summed E-state index contributed by atoms with van der Waals surface area (Å²) >= 11 is 0. The Balaban J connectivity index is 1.51. The number of benzene rings is 2. The quantitative estimate of drug-likeness (QED) is 0.687. The Morgan fingerprint density at radius 3 is 2.79 bits per heavy atom. The van der Waals surface area contributed by atoms with Crippen molar-refractivity contribution in [1.29, 1.82) is 0 Å². The van der Waals surface area contributed by atoms with E-state index in [2.05, 4.69) is 0 Å². The lowest BCUT2D eigenvalue weighted by Crippen LogP contribution is -2.42. The number of carbonyl (C=O) groups excluding carboxylic acids is 1. The van der Waals surface area contributed by atoms with Crippen LogP contribution in [0.2, 0.25) is 0 Å². The highest BCUT2D eigenvalue weighted by Gasteiger charge is 2.57. The molecule has 0 bridgehead atoms. The molecule has 4 heterocycles. The summed E-state index contributed by atoms with van der Waals surface area (Å²) in [4.78, 5) is 15.6. The lowest BCUT2D eigenvalue weighted by molar-refractivity contribution is -0.122. The van der Waals surface area contributed by atoms with E-state index in [4.69, 9.17) is 13.9 Å². The zero-order valence-corrected chi connectivity index (χ0v) is 15.5. The van der Waals surface area contributed by atoms with Gasteiger partial charge in [0.1, 0.15) is 35.0 Å². The third kappa shape index (κ3) is 1.93. The predicted octanol–water partition coefficient (Wildman–Crippen LogP) is 3.75. The van der Waals surface area contributed by atoms with Gasteiger partial charge in [0.15, 0.2) is 0 Å². The molecule has 0 aliphatic carbocycles. The smallest absolute Gasteiger partial charge is 0.246 e. The van der Waals surface area contributed by atoms with Crippen molar-refractivity contribution in [2.24, 2.45) is 0 Å². The van der Waals surface area contributed by atoms with Crippen molar-refractivity contribution in [3.05, 3.63) is 76.7 Å². The van der Waals surface area contributed by atoms with Gasteiger partial charge in [-0.2, -0.15) is 0 Å². The maximum absolute atomic E-state index is 13.8. The van der Waals surface area contributed by atoms with Crippen molar-refractivity contribution in [2.75, 3.05) is 18.1 Å². The van der Waals surface area contributed by atoms with Crippen LogP contribution >= 0.6 is 0 Å². The van der Waals surface area contributed by atoms with E-state index in [0.717, 1.165) is 51.8 Å². The van der Waals surface area contributed by atoms with Crippen LogP contribution in [0.15, 0.2) is 52.9 Å². The van der Waals surface area contributed by atoms with E-state index in [1.807, 2.05) is 60.4 Å². The molecule has 1 atom stereocenters. The standard InChI is InChI=1S/C23H19NO4/c1-14-6-7-16(28-14)12-24-19-5-3-2-4-17(19)23(22(24)25)13-27-21-10-15-8-9-26-20(15)11-18(21)23/h2-7,10-11H,8-9,12-13H2,1H3. The lowest BCUT2D eigenvalue weighted by atomic mass is 9.77. The minimum Gasteiger partial charge on any atom is -0.493 e. The van der Waals surface area contributed by atoms with Crippen molar-refractivity contribution in [1.82, 2.24) is 0 Å². The molecule has 3 aliphatic heterocycles. The zero-order valence-electron chi connectivity index (χ0n) is 15.5. The van der Waals surface area contributed by atoms with Crippen LogP contribution in [0.4, 0.5) is 5.69 Å². The first kappa shape index (κ1) is 15.8. The van der Waals surface area contributed by atoms with E-state index in [1.165, 1.54) is 0 Å². The van der Waals surface area contributed by atoms with Gasteiger partial charge in [-0.25, -0.2) is 0 Å². The molecule has 3 aliphatic rings. The van der Waals surface area contributed by atoms with Crippen LogP contribution in [-0.4, -0.2) is 19.1 Å². The second-order valence-corrected chi connectivity index (χ2v) is 7.67. The van der Waals surface area contributed by atoms with Crippen LogP contribution in [0.5, 0.6) is 11.5 Å². The van der Waals surface area contributed by atoms with Gasteiger partial charge in [0.25, 0.3) is 0 Å². The first-order valence-corrected chi connectivity index (χ1v) is 9.56. The number of ether oxygens (including phenoxy) is 2. The minimum atomic E-state index is -0.825. The predicted molar refractivity (Wildman–Crippen MR) is 103 cm³/mol. The van der Waals surface area contributed by atoms with Crippen LogP contribution in [0, 0.1) is 6.92 Å². The van der Waals surface area contributed by atoms with Crippen molar-refractivity contribution in [2.45, 2.75) is 25.3 Å². The fourth-order valence-electron chi connectivity index (χ4n) is 4.73. The number of rotatable bonds is 2. The Morgan fingerprint density at radius 1 is 1.04 bits per heavy atom. The van der Waals surface area contributed by atoms with Gasteiger partial charge >= 0.3 is 0 Å². The normalized spacial score (nSPS) is 21.5. The van der Waals surface area contributed by atoms with E-state index >= 15 is 0 Å². The number of para-hydroxylation sites is 1. The minimum absolute atomic E-state index is 0.0273. The maximum atomic E-state index is 13.8. The number of hydrogen-bond acceptors (Lipinski definition) is 4. The van der Waals surface area contributed by atoms with Crippen LogP contribution in [0.3, 0.4) is 0 Å². The van der Waals surface area contributed by atoms with Crippen LogP contribution in [0.25, 0.3) is 0 Å². The molecular formula is C23H19NO4. The number of hydrogen-bond donors (Lipinski definition) is 0. The third-order valence-electron chi connectivity index (χ3n) is 6.07. The van der Waals surface area contributed by atoms with Gasteiger partial charge in [0.2, 0.25) is 5.91 Å². The summed E-state index contributed by atoms with van der Waals surface area (Å²) in [6, 6.07) is 15.9. The van der Waals surface area contributed by atoms with E-state index < -0.39 is 5.41 Å². The van der Waals surface area contributed by atoms with Gasteiger partial charge in [0.05, 0.1) is 13.2 Å². The molecule has 6 rings (SSSR count). The number of nitrogens with zero attached hydrogens (tertiary/aromatic N) is 1. The van der Waals surface area contributed by atoms with Gasteiger partial charge in [0, 0.05) is 23.2 Å². The summed E-state index contributed by atoms with van der Waals surface area (Å²) in [5, 5.41) is 0. The molecule has 28 heavy (non-hydrogen) atoms. The Morgan fingerprint density at radius 2 is 1.93 bits per heavy atom. The molecule has 0 N–H and O–H groups in total. The van der Waals surface area contributed by atoms with Crippen molar-refractivity contribution in [3.63, 3.8) is 0 Å². The largest absolute Gasteiger partial charge is 0.493 e. The summed E-state index contributed by atoms with van der Waals surface area (Å²) < 4.78 is 17.6. The summed E-state index contributed by atoms with van der Waals surface area (Å²) in [6.07, 6.45) is 0.882. The Hall–Kier alpha value is -3.21. The Kier molecular flexibility index (Phi) is 3.05. The highest BCUT2D eigenvalue weighted by Crippen LogP contribution is 2.54. The fourth-order valence-corrected chi connectivity index (χ4v) is 4.73. The van der Waals surface area contributed by atoms with E-state index in [1.54, 1.807) is 0 Å². The number of anilines is 1. The number of fused-ring (bicyclic) bond motifs is 5. The average molecular weight is 373 g/mol. The molecule has 5 nitrogen and oxygen atoms in total. The van der Waals surface area contributed by atoms with E-state index in [-0.39, 0.29) is 5.91 Å². The van der Waals surface area contributed by atoms with Gasteiger partial charge < -0.3 is 18.8 Å². The fraction of sp³-hybridized carbons (Fsp3) is 0.261. The van der Waals surface area contributed by atoms with Crippen LogP contribution in [0.1, 0.15) is 28.2 Å². The van der Waals surface area contributed by atoms with Crippen LogP contribution < -0.4 is 14.4 Å². The monoisotopic (exact) mass is 373 g/mol. The van der Waals surface area contributed by atoms with E-state index in [0.29, 0.717) is 19.8 Å². The first-order valence-electron chi connectivity index (χ1n) is 9.56. The Bertz CT molecular complexity index is 1130. The Labute approximate surface area is 162 Å². The molecule has 5 heteroatoms. The summed E-state index contributed by atoms with van der Waals surface area (Å²) in [5.74, 6) is 3.30. The molecule has 0 fully saturated rings. The number of aryl methyl sites for hydroxylation is 1. The average Bonchev–Trinajstić information content (AvgIpc) is 3.45. The van der Waals surface area contributed by atoms with E-state index in [9.17, 15) is 4.79 Å². The van der Waals surface area contributed by atoms with Crippen molar-refractivity contribution >= 4 is 11.6 Å². The molecule has 1 amide bonds. The lowest BCUT2D eigenvalue weighted by Gasteiger charge is -2.23. The summed E-state index contributed by atoms with van der Waals surface area (Å²) in [7, 11) is 0. The number of furan rings is 1. The van der Waals surface area contributed by atoms with Crippen molar-refractivity contribution < 1.29 is 18.7 Å². The highest BCUT2D eigenvalue weighted by atomic mass is 16.5. The maximum Gasteiger partial charge on any atom is 0.246 e. The second-order valence-electron chi connectivity index (χ2n) is 7.67. The molecule has 1 aromatic heterocycles.